The lowest BCUT2D eigenvalue weighted by Gasteiger charge is -2.33. The highest BCUT2D eigenvalue weighted by Gasteiger charge is 2.31. The van der Waals surface area contributed by atoms with Crippen LogP contribution in [-0.2, 0) is 14.4 Å². The summed E-state index contributed by atoms with van der Waals surface area (Å²) in [6, 6.07) is 6.88. The Morgan fingerprint density at radius 2 is 1.90 bits per heavy atom. The highest BCUT2D eigenvalue weighted by Crippen LogP contribution is 2.21. The molecule has 106 valence electrons. The molecule has 7 heteroatoms. The van der Waals surface area contributed by atoms with Crippen molar-refractivity contribution in [3.63, 3.8) is 0 Å². The van der Waals surface area contributed by atoms with E-state index in [0.29, 0.717) is 10.7 Å². The topological polar surface area (TPSA) is 77.9 Å². The highest BCUT2D eigenvalue weighted by molar-refractivity contribution is 6.30. The molecule has 1 fully saturated rings. The molecule has 20 heavy (non-hydrogen) atoms. The van der Waals surface area contributed by atoms with Crippen LogP contribution in [0.1, 0.15) is 6.42 Å². The smallest absolute Gasteiger partial charge is 0.305 e. The molecule has 2 amide bonds. The van der Waals surface area contributed by atoms with Gasteiger partial charge in [0.25, 0.3) is 0 Å². The normalized spacial score (nSPS) is 15.7. The Hall–Kier alpha value is -2.08. The summed E-state index contributed by atoms with van der Waals surface area (Å²) in [6.07, 6.45) is -0.241. The zero-order valence-electron chi connectivity index (χ0n) is 10.6. The van der Waals surface area contributed by atoms with Gasteiger partial charge in [0.1, 0.15) is 0 Å². The Morgan fingerprint density at radius 1 is 1.25 bits per heavy atom. The number of carbonyl (C=O) groups excluding carboxylic acids is 2. The van der Waals surface area contributed by atoms with Crippen LogP contribution < -0.4 is 4.90 Å². The number of amides is 2. The van der Waals surface area contributed by atoms with Crippen LogP contribution in [0, 0.1) is 0 Å². The SMILES string of the molecule is O=C(O)CCN1C(=O)CN(c2cccc(Cl)c2)CC1=O. The molecule has 1 N–H and O–H groups in total. The fraction of sp³-hybridized carbons (Fsp3) is 0.308. The number of halogens is 1. The summed E-state index contributed by atoms with van der Waals surface area (Å²) in [5.74, 6) is -1.84. The lowest BCUT2D eigenvalue weighted by Crippen LogP contribution is -2.54. The van der Waals surface area contributed by atoms with Crippen molar-refractivity contribution >= 4 is 35.1 Å². The predicted molar refractivity (Wildman–Crippen MR) is 72.6 cm³/mol. The molecule has 1 aromatic rings. The van der Waals surface area contributed by atoms with Crippen LogP contribution >= 0.6 is 11.6 Å². The van der Waals surface area contributed by atoms with Gasteiger partial charge in [-0.3, -0.25) is 19.3 Å². The van der Waals surface area contributed by atoms with Crippen molar-refractivity contribution in [2.75, 3.05) is 24.5 Å². The van der Waals surface area contributed by atoms with Crippen molar-refractivity contribution in [3.05, 3.63) is 29.3 Å². The zero-order valence-corrected chi connectivity index (χ0v) is 11.3. The van der Waals surface area contributed by atoms with Gasteiger partial charge in [-0.1, -0.05) is 17.7 Å². The van der Waals surface area contributed by atoms with Crippen molar-refractivity contribution in [2.45, 2.75) is 6.42 Å². The molecule has 1 saturated heterocycles. The van der Waals surface area contributed by atoms with Crippen molar-refractivity contribution in [1.29, 1.82) is 0 Å². The number of aliphatic carboxylic acids is 1. The summed E-state index contributed by atoms with van der Waals surface area (Å²) in [5, 5.41) is 9.13. The second-order valence-electron chi connectivity index (χ2n) is 4.42. The highest BCUT2D eigenvalue weighted by atomic mass is 35.5. The molecule has 1 heterocycles. The van der Waals surface area contributed by atoms with E-state index >= 15 is 0 Å². The van der Waals surface area contributed by atoms with Gasteiger partial charge in [0.2, 0.25) is 11.8 Å². The third-order valence-corrected chi connectivity index (χ3v) is 3.21. The van der Waals surface area contributed by atoms with E-state index in [-0.39, 0.29) is 26.1 Å². The van der Waals surface area contributed by atoms with Gasteiger partial charge in [0.15, 0.2) is 0 Å². The first-order valence-corrected chi connectivity index (χ1v) is 6.40. The molecule has 0 aliphatic carbocycles. The molecule has 0 spiro atoms. The summed E-state index contributed by atoms with van der Waals surface area (Å²) in [6.45, 7) is -0.0201. The number of piperazine rings is 1. The Labute approximate surface area is 120 Å². The van der Waals surface area contributed by atoms with Crippen molar-refractivity contribution in [3.8, 4) is 0 Å². The molecule has 1 aliphatic rings. The van der Waals surface area contributed by atoms with Crippen LogP contribution in [-0.4, -0.2) is 47.4 Å². The van der Waals surface area contributed by atoms with Gasteiger partial charge in [-0.2, -0.15) is 0 Å². The monoisotopic (exact) mass is 296 g/mol. The average Bonchev–Trinajstić information content (AvgIpc) is 2.37. The molecule has 0 radical (unpaired) electrons. The number of carbonyl (C=O) groups is 3. The van der Waals surface area contributed by atoms with Crippen molar-refractivity contribution in [1.82, 2.24) is 4.90 Å². The van der Waals surface area contributed by atoms with E-state index in [1.165, 1.54) is 0 Å². The number of imide groups is 1. The number of anilines is 1. The van der Waals surface area contributed by atoms with Gasteiger partial charge in [0, 0.05) is 17.3 Å². The molecular formula is C13H13ClN2O4. The molecular weight excluding hydrogens is 284 g/mol. The molecule has 1 aromatic carbocycles. The van der Waals surface area contributed by atoms with E-state index < -0.39 is 17.8 Å². The summed E-state index contributed by atoms with van der Waals surface area (Å²) < 4.78 is 0. The number of hydrogen-bond acceptors (Lipinski definition) is 4. The number of nitrogens with zero attached hydrogens (tertiary/aromatic N) is 2. The quantitative estimate of drug-likeness (QED) is 0.838. The molecule has 0 atom stereocenters. The first kappa shape index (κ1) is 14.3. The fourth-order valence-corrected chi connectivity index (χ4v) is 2.19. The number of carboxylic acid groups (broad SMARTS) is 1. The minimum Gasteiger partial charge on any atom is -0.481 e. The number of rotatable bonds is 4. The van der Waals surface area contributed by atoms with Crippen LogP contribution in [0.2, 0.25) is 5.02 Å². The lowest BCUT2D eigenvalue weighted by atomic mass is 10.2. The Kier molecular flexibility index (Phi) is 4.24. The van der Waals surface area contributed by atoms with E-state index in [9.17, 15) is 14.4 Å². The molecule has 0 unspecified atom stereocenters. The summed E-state index contributed by atoms with van der Waals surface area (Å²) in [5.41, 5.74) is 0.692. The fourth-order valence-electron chi connectivity index (χ4n) is 2.00. The minimum absolute atomic E-state index is 0.0334. The van der Waals surface area contributed by atoms with Gasteiger partial charge in [-0.05, 0) is 18.2 Å². The number of hydrogen-bond donors (Lipinski definition) is 1. The number of benzene rings is 1. The van der Waals surface area contributed by atoms with Crippen LogP contribution in [0.4, 0.5) is 5.69 Å². The van der Waals surface area contributed by atoms with Crippen LogP contribution in [0.3, 0.4) is 0 Å². The van der Waals surface area contributed by atoms with E-state index in [1.54, 1.807) is 29.2 Å². The van der Waals surface area contributed by atoms with Gasteiger partial charge in [-0.25, -0.2) is 0 Å². The maximum absolute atomic E-state index is 11.9. The first-order chi connectivity index (χ1) is 9.47. The van der Waals surface area contributed by atoms with Gasteiger partial charge >= 0.3 is 5.97 Å². The van der Waals surface area contributed by atoms with E-state index in [1.807, 2.05) is 0 Å². The second-order valence-corrected chi connectivity index (χ2v) is 4.86. The third-order valence-electron chi connectivity index (χ3n) is 2.98. The van der Waals surface area contributed by atoms with Crippen molar-refractivity contribution in [2.24, 2.45) is 0 Å². The average molecular weight is 297 g/mol. The second kappa shape index (κ2) is 5.92. The summed E-state index contributed by atoms with van der Waals surface area (Å²) in [7, 11) is 0. The zero-order chi connectivity index (χ0) is 14.7. The van der Waals surface area contributed by atoms with Crippen LogP contribution in [0.15, 0.2) is 24.3 Å². The molecule has 6 nitrogen and oxygen atoms in total. The Morgan fingerprint density at radius 3 is 2.45 bits per heavy atom. The van der Waals surface area contributed by atoms with Crippen molar-refractivity contribution < 1.29 is 19.5 Å². The molecule has 0 bridgehead atoms. The maximum atomic E-state index is 11.9. The Bertz CT molecular complexity index is 543. The van der Waals surface area contributed by atoms with E-state index in [0.717, 1.165) is 4.90 Å². The van der Waals surface area contributed by atoms with E-state index in [2.05, 4.69) is 0 Å². The lowest BCUT2D eigenvalue weighted by molar-refractivity contribution is -0.146. The van der Waals surface area contributed by atoms with E-state index in [4.69, 9.17) is 16.7 Å². The molecule has 0 aromatic heterocycles. The first-order valence-electron chi connectivity index (χ1n) is 6.03. The minimum atomic E-state index is -1.04. The third kappa shape index (κ3) is 3.27. The van der Waals surface area contributed by atoms with Gasteiger partial charge in [-0.15, -0.1) is 0 Å². The van der Waals surface area contributed by atoms with Crippen LogP contribution in [0.25, 0.3) is 0 Å². The predicted octanol–water partition coefficient (Wildman–Crippen LogP) is 0.990. The Balaban J connectivity index is 2.08. The van der Waals surface area contributed by atoms with Gasteiger partial charge in [0.05, 0.1) is 19.5 Å². The molecule has 1 aliphatic heterocycles. The number of carboxylic acids is 1. The largest absolute Gasteiger partial charge is 0.481 e. The summed E-state index contributed by atoms with van der Waals surface area (Å²) >= 11 is 5.88. The summed E-state index contributed by atoms with van der Waals surface area (Å²) in [4.78, 5) is 37.0. The standard InChI is InChI=1S/C13H13ClN2O4/c14-9-2-1-3-10(6-9)15-7-11(17)16(12(18)8-15)5-4-13(19)20/h1-3,6H,4-5,7-8H2,(H,19,20). The molecule has 0 saturated carbocycles. The van der Waals surface area contributed by atoms with Crippen LogP contribution in [0.5, 0.6) is 0 Å². The molecule has 2 rings (SSSR count). The van der Waals surface area contributed by atoms with Gasteiger partial charge < -0.3 is 10.0 Å². The maximum Gasteiger partial charge on any atom is 0.305 e.